The van der Waals surface area contributed by atoms with Crippen molar-refractivity contribution in [3.8, 4) is 0 Å². The van der Waals surface area contributed by atoms with Crippen LogP contribution in [0.25, 0.3) is 6.08 Å². The van der Waals surface area contributed by atoms with Crippen molar-refractivity contribution in [3.05, 3.63) is 77.6 Å². The highest BCUT2D eigenvalue weighted by Gasteiger charge is 2.24. The fourth-order valence-corrected chi connectivity index (χ4v) is 3.42. The predicted octanol–water partition coefficient (Wildman–Crippen LogP) is 4.16. The first kappa shape index (κ1) is 18.7. The number of nitrogens with one attached hydrogen (secondary N) is 1. The summed E-state index contributed by atoms with van der Waals surface area (Å²) in [6.45, 7) is 0. The highest BCUT2D eigenvalue weighted by Crippen LogP contribution is 2.33. The zero-order valence-electron chi connectivity index (χ0n) is 13.3. The number of amidine groups is 1. The third-order valence-electron chi connectivity index (χ3n) is 3.42. The number of amides is 1. The van der Waals surface area contributed by atoms with E-state index in [1.54, 1.807) is 18.2 Å². The number of rotatable bonds is 4. The number of hydrogen-bond acceptors (Lipinski definition) is 7. The van der Waals surface area contributed by atoms with Crippen molar-refractivity contribution < 1.29 is 14.6 Å². The number of benzene rings is 2. The monoisotopic (exact) mass is 448 g/mol. The van der Waals surface area contributed by atoms with Crippen molar-refractivity contribution in [2.45, 2.75) is 0 Å². The quantitative estimate of drug-likeness (QED) is 0.424. The van der Waals surface area contributed by atoms with Crippen LogP contribution in [0.15, 0.2) is 56.8 Å². The molecule has 2 aromatic rings. The summed E-state index contributed by atoms with van der Waals surface area (Å²) in [5.41, 5.74) is 0.953. The standard InChI is InChI=1S/C16H9BrN4O5S/c17-12-8-11(21(25)26)5-6-13(12)18-16-19-15(22)14(27-16)7-9-1-3-10(4-2-9)20(23)24/h1-8H,(H,18,19,22)/b14-7+. The van der Waals surface area contributed by atoms with Crippen LogP contribution in [-0.2, 0) is 4.79 Å². The number of thioether (sulfide) groups is 1. The van der Waals surface area contributed by atoms with E-state index in [1.807, 2.05) is 0 Å². The molecule has 1 saturated heterocycles. The number of hydrogen-bond donors (Lipinski definition) is 1. The van der Waals surface area contributed by atoms with Gasteiger partial charge in [0.2, 0.25) is 0 Å². The van der Waals surface area contributed by atoms with E-state index in [-0.39, 0.29) is 17.3 Å². The first-order valence-electron chi connectivity index (χ1n) is 7.31. The Balaban J connectivity index is 1.81. The average molecular weight is 449 g/mol. The number of nitrogens with zero attached hydrogens (tertiary/aromatic N) is 3. The first-order valence-corrected chi connectivity index (χ1v) is 8.92. The molecule has 1 aliphatic rings. The molecular weight excluding hydrogens is 440 g/mol. The lowest BCUT2D eigenvalue weighted by molar-refractivity contribution is -0.385. The minimum Gasteiger partial charge on any atom is -0.300 e. The molecule has 2 aromatic carbocycles. The maximum absolute atomic E-state index is 12.1. The molecule has 0 bridgehead atoms. The Hall–Kier alpha value is -3.05. The predicted molar refractivity (Wildman–Crippen MR) is 105 cm³/mol. The van der Waals surface area contributed by atoms with E-state index in [0.29, 0.717) is 25.8 Å². The van der Waals surface area contributed by atoms with Gasteiger partial charge in [-0.1, -0.05) is 0 Å². The lowest BCUT2D eigenvalue weighted by Gasteiger charge is -2.00. The number of nitro groups is 2. The minimum atomic E-state index is -0.515. The van der Waals surface area contributed by atoms with Gasteiger partial charge in [-0.05, 0) is 57.5 Å². The van der Waals surface area contributed by atoms with E-state index in [9.17, 15) is 25.0 Å². The lowest BCUT2D eigenvalue weighted by Crippen LogP contribution is -2.19. The lowest BCUT2D eigenvalue weighted by atomic mass is 10.2. The molecule has 9 nitrogen and oxygen atoms in total. The summed E-state index contributed by atoms with van der Waals surface area (Å²) >= 11 is 4.32. The van der Waals surface area contributed by atoms with Crippen molar-refractivity contribution in [1.82, 2.24) is 5.32 Å². The van der Waals surface area contributed by atoms with Gasteiger partial charge >= 0.3 is 0 Å². The van der Waals surface area contributed by atoms with Crippen LogP contribution in [0.5, 0.6) is 0 Å². The van der Waals surface area contributed by atoms with Gasteiger partial charge in [0.15, 0.2) is 5.17 Å². The van der Waals surface area contributed by atoms with Crippen LogP contribution in [0.1, 0.15) is 5.56 Å². The van der Waals surface area contributed by atoms with Gasteiger partial charge in [-0.15, -0.1) is 0 Å². The normalized spacial score (nSPS) is 16.6. The van der Waals surface area contributed by atoms with Crippen molar-refractivity contribution in [3.63, 3.8) is 0 Å². The van der Waals surface area contributed by atoms with E-state index >= 15 is 0 Å². The van der Waals surface area contributed by atoms with Gasteiger partial charge in [-0.25, -0.2) is 4.99 Å². The van der Waals surface area contributed by atoms with Crippen LogP contribution in [0.3, 0.4) is 0 Å². The molecule has 136 valence electrons. The largest absolute Gasteiger partial charge is 0.300 e. The van der Waals surface area contributed by atoms with Gasteiger partial charge in [0, 0.05) is 24.3 Å². The Morgan fingerprint density at radius 2 is 1.67 bits per heavy atom. The summed E-state index contributed by atoms with van der Waals surface area (Å²) in [5, 5.41) is 24.4. The van der Waals surface area contributed by atoms with Crippen LogP contribution in [0.2, 0.25) is 0 Å². The van der Waals surface area contributed by atoms with Gasteiger partial charge in [0.25, 0.3) is 17.3 Å². The van der Waals surface area contributed by atoms with Gasteiger partial charge in [-0.3, -0.25) is 25.0 Å². The SMILES string of the molecule is O=C1NC(=Nc2ccc([N+](=O)[O-])cc2Br)S/C1=C/c1ccc([N+](=O)[O-])cc1. The third-order valence-corrected chi connectivity index (χ3v) is 4.96. The van der Waals surface area contributed by atoms with Gasteiger partial charge in [-0.2, -0.15) is 0 Å². The highest BCUT2D eigenvalue weighted by molar-refractivity contribution is 9.10. The smallest absolute Gasteiger partial charge is 0.270 e. The zero-order chi connectivity index (χ0) is 19.6. The van der Waals surface area contributed by atoms with Crippen LogP contribution < -0.4 is 5.32 Å². The molecule has 0 radical (unpaired) electrons. The van der Waals surface area contributed by atoms with E-state index < -0.39 is 9.85 Å². The van der Waals surface area contributed by atoms with Gasteiger partial charge < -0.3 is 5.32 Å². The number of halogens is 1. The second kappa shape index (κ2) is 7.68. The summed E-state index contributed by atoms with van der Waals surface area (Å²) in [6.07, 6.45) is 1.59. The molecule has 11 heteroatoms. The van der Waals surface area contributed by atoms with Crippen LogP contribution in [-0.4, -0.2) is 20.9 Å². The maximum atomic E-state index is 12.1. The molecule has 0 spiro atoms. The second-order valence-corrected chi connectivity index (χ2v) is 7.11. The average Bonchev–Trinajstić information content (AvgIpc) is 2.96. The van der Waals surface area contributed by atoms with Crippen LogP contribution in [0.4, 0.5) is 17.1 Å². The molecule has 27 heavy (non-hydrogen) atoms. The van der Waals surface area contributed by atoms with E-state index in [1.165, 1.54) is 30.3 Å². The summed E-state index contributed by atoms with van der Waals surface area (Å²) in [7, 11) is 0. The number of aliphatic imine (C=N–C) groups is 1. The number of nitro benzene ring substituents is 2. The summed E-state index contributed by atoms with van der Waals surface area (Å²) < 4.78 is 0.423. The molecule has 1 fully saturated rings. The molecule has 0 unspecified atom stereocenters. The molecular formula is C16H9BrN4O5S. The molecule has 3 rings (SSSR count). The van der Waals surface area contributed by atoms with E-state index in [2.05, 4.69) is 26.2 Å². The van der Waals surface area contributed by atoms with E-state index in [4.69, 9.17) is 0 Å². The number of non-ortho nitro benzene ring substituents is 2. The fourth-order valence-electron chi connectivity index (χ4n) is 2.13. The van der Waals surface area contributed by atoms with Gasteiger partial charge in [0.05, 0.1) is 24.9 Å². The minimum absolute atomic E-state index is 0.0362. The molecule has 0 saturated carbocycles. The van der Waals surface area contributed by atoms with Crippen molar-refractivity contribution >= 4 is 61.9 Å². The molecule has 1 heterocycles. The van der Waals surface area contributed by atoms with E-state index in [0.717, 1.165) is 11.8 Å². The molecule has 0 atom stereocenters. The molecule has 1 N–H and O–H groups in total. The first-order chi connectivity index (χ1) is 12.8. The zero-order valence-corrected chi connectivity index (χ0v) is 15.7. The topological polar surface area (TPSA) is 128 Å². The Labute approximate surface area is 164 Å². The Morgan fingerprint density at radius 3 is 2.26 bits per heavy atom. The second-order valence-electron chi connectivity index (χ2n) is 5.22. The Morgan fingerprint density at radius 1 is 1.04 bits per heavy atom. The van der Waals surface area contributed by atoms with Gasteiger partial charge in [0.1, 0.15) is 0 Å². The fraction of sp³-hybridized carbons (Fsp3) is 0. The highest BCUT2D eigenvalue weighted by atomic mass is 79.9. The van der Waals surface area contributed by atoms with Crippen LogP contribution in [0, 0.1) is 20.2 Å². The summed E-state index contributed by atoms with van der Waals surface area (Å²) in [6, 6.07) is 9.91. The Bertz CT molecular complexity index is 1020. The van der Waals surface area contributed by atoms with Crippen molar-refractivity contribution in [2.75, 3.05) is 0 Å². The van der Waals surface area contributed by atoms with Crippen molar-refractivity contribution in [1.29, 1.82) is 0 Å². The third kappa shape index (κ3) is 4.38. The molecule has 1 aliphatic heterocycles. The Kier molecular flexibility index (Phi) is 5.33. The maximum Gasteiger partial charge on any atom is 0.270 e. The number of carbonyl (C=O) groups is 1. The summed E-state index contributed by atoms with van der Waals surface area (Å²) in [5.74, 6) is -0.352. The molecule has 0 aliphatic carbocycles. The molecule has 0 aromatic heterocycles. The van der Waals surface area contributed by atoms with Crippen molar-refractivity contribution in [2.24, 2.45) is 4.99 Å². The number of carbonyl (C=O) groups excluding carboxylic acids is 1. The molecule has 1 amide bonds. The summed E-state index contributed by atoms with van der Waals surface area (Å²) in [4.78, 5) is 37.2. The van der Waals surface area contributed by atoms with Crippen LogP contribution >= 0.6 is 27.7 Å².